The third-order valence-electron chi connectivity index (χ3n) is 4.31. The van der Waals surface area contributed by atoms with Gasteiger partial charge in [0.1, 0.15) is 5.75 Å². The molecule has 0 fully saturated rings. The quantitative estimate of drug-likeness (QED) is 0.482. The number of aliphatic imine (C=N–C) groups is 1. The molecule has 0 amide bonds. The second-order valence-electron chi connectivity index (χ2n) is 6.81. The highest BCUT2D eigenvalue weighted by atomic mass is 16.5. The predicted molar refractivity (Wildman–Crippen MR) is 110 cm³/mol. The largest absolute Gasteiger partial charge is 0.496 e. The van der Waals surface area contributed by atoms with E-state index in [-0.39, 0.29) is 5.78 Å². The number of rotatable bonds is 9. The number of para-hydroxylation sites is 1. The average Bonchev–Trinajstić information content (AvgIpc) is 2.71. The Bertz CT molecular complexity index is 858. The molecule has 0 saturated heterocycles. The van der Waals surface area contributed by atoms with Crippen molar-refractivity contribution in [1.82, 2.24) is 0 Å². The summed E-state index contributed by atoms with van der Waals surface area (Å²) in [7, 11) is 6.27. The molecule has 2 aromatic rings. The maximum Gasteiger partial charge on any atom is 0.207 e. The smallest absolute Gasteiger partial charge is 0.207 e. The molecule has 0 aliphatic heterocycles. The van der Waals surface area contributed by atoms with Gasteiger partial charge in [0.2, 0.25) is 11.5 Å². The van der Waals surface area contributed by atoms with Crippen LogP contribution in [-0.4, -0.2) is 46.0 Å². The molecule has 0 heterocycles. The number of carbonyl (C=O) groups is 1. The Morgan fingerprint density at radius 3 is 2.14 bits per heavy atom. The number of hydrogen-bond donors (Lipinski definition) is 0. The molecule has 0 aliphatic rings. The minimum Gasteiger partial charge on any atom is -0.496 e. The molecule has 0 bridgehead atoms. The third-order valence-corrected chi connectivity index (χ3v) is 4.31. The first-order valence-corrected chi connectivity index (χ1v) is 8.87. The van der Waals surface area contributed by atoms with Crippen molar-refractivity contribution < 1.29 is 23.7 Å². The number of ketones is 1. The Balaban J connectivity index is 2.26. The van der Waals surface area contributed by atoms with Crippen LogP contribution in [0.5, 0.6) is 23.0 Å². The van der Waals surface area contributed by atoms with Gasteiger partial charge in [-0.05, 0) is 32.0 Å². The summed E-state index contributed by atoms with van der Waals surface area (Å²) >= 11 is 0. The first-order valence-electron chi connectivity index (χ1n) is 8.87. The third kappa shape index (κ3) is 4.82. The lowest BCUT2D eigenvalue weighted by atomic mass is 9.94. The minimum absolute atomic E-state index is 0.204. The van der Waals surface area contributed by atoms with E-state index < -0.39 is 5.54 Å². The average molecular weight is 385 g/mol. The molecular weight excluding hydrogens is 358 g/mol. The molecule has 0 radical (unpaired) electrons. The Morgan fingerprint density at radius 2 is 1.54 bits per heavy atom. The van der Waals surface area contributed by atoms with Gasteiger partial charge in [-0.3, -0.25) is 9.79 Å². The lowest BCUT2D eigenvalue weighted by Crippen LogP contribution is -2.22. The van der Waals surface area contributed by atoms with Crippen molar-refractivity contribution in [3.63, 3.8) is 0 Å². The fraction of sp³-hybridized carbons (Fsp3) is 0.364. The highest BCUT2D eigenvalue weighted by Crippen LogP contribution is 2.41. The van der Waals surface area contributed by atoms with Crippen LogP contribution in [-0.2, 0) is 6.42 Å². The zero-order valence-electron chi connectivity index (χ0n) is 17.2. The van der Waals surface area contributed by atoms with Crippen LogP contribution in [0.25, 0.3) is 0 Å². The molecular formula is C22H27NO5. The second-order valence-corrected chi connectivity index (χ2v) is 6.81. The van der Waals surface area contributed by atoms with Crippen molar-refractivity contribution >= 4 is 12.0 Å². The molecule has 0 spiro atoms. The van der Waals surface area contributed by atoms with Crippen LogP contribution in [0.2, 0.25) is 0 Å². The Morgan fingerprint density at radius 1 is 0.893 bits per heavy atom. The molecule has 0 unspecified atom stereocenters. The van der Waals surface area contributed by atoms with E-state index in [1.807, 2.05) is 32.0 Å². The highest BCUT2D eigenvalue weighted by Gasteiger charge is 2.23. The van der Waals surface area contributed by atoms with Crippen molar-refractivity contribution in [2.24, 2.45) is 4.99 Å². The SMILES string of the molecule is COc1ccccc1C(=O)C=NC(C)(C)Cc1ccc(OC)c(OC)c1OC. The van der Waals surface area contributed by atoms with E-state index in [2.05, 4.69) is 4.99 Å². The molecule has 0 saturated carbocycles. The van der Waals surface area contributed by atoms with Crippen LogP contribution in [0.1, 0.15) is 29.8 Å². The molecule has 28 heavy (non-hydrogen) atoms. The summed E-state index contributed by atoms with van der Waals surface area (Å²) < 4.78 is 21.5. The lowest BCUT2D eigenvalue weighted by molar-refractivity contribution is 0.106. The van der Waals surface area contributed by atoms with Crippen molar-refractivity contribution in [1.29, 1.82) is 0 Å². The van der Waals surface area contributed by atoms with E-state index >= 15 is 0 Å². The van der Waals surface area contributed by atoms with Gasteiger partial charge >= 0.3 is 0 Å². The van der Waals surface area contributed by atoms with Crippen LogP contribution < -0.4 is 18.9 Å². The zero-order valence-corrected chi connectivity index (χ0v) is 17.2. The van der Waals surface area contributed by atoms with Crippen molar-refractivity contribution in [3.8, 4) is 23.0 Å². The minimum atomic E-state index is -0.537. The number of carbonyl (C=O) groups excluding carboxylic acids is 1. The molecule has 6 nitrogen and oxygen atoms in total. The Kier molecular flexibility index (Phi) is 7.04. The van der Waals surface area contributed by atoms with Gasteiger partial charge in [-0.1, -0.05) is 18.2 Å². The maximum absolute atomic E-state index is 12.5. The van der Waals surface area contributed by atoms with Crippen molar-refractivity contribution in [3.05, 3.63) is 47.5 Å². The lowest BCUT2D eigenvalue weighted by Gasteiger charge is -2.22. The first kappa shape index (κ1) is 21.3. The van der Waals surface area contributed by atoms with Gasteiger partial charge in [-0.25, -0.2) is 0 Å². The van der Waals surface area contributed by atoms with Gasteiger partial charge in [0.25, 0.3) is 0 Å². The number of ether oxygens (including phenoxy) is 4. The second kappa shape index (κ2) is 9.26. The Labute approximate surface area is 166 Å². The van der Waals surface area contributed by atoms with Crippen LogP contribution in [0, 0.1) is 0 Å². The van der Waals surface area contributed by atoms with Gasteiger partial charge in [-0.15, -0.1) is 0 Å². The maximum atomic E-state index is 12.5. The highest BCUT2D eigenvalue weighted by molar-refractivity contribution is 6.36. The fourth-order valence-electron chi connectivity index (χ4n) is 2.97. The molecule has 2 aromatic carbocycles. The van der Waals surface area contributed by atoms with E-state index in [9.17, 15) is 4.79 Å². The molecule has 0 aromatic heterocycles. The van der Waals surface area contributed by atoms with Crippen LogP contribution in [0.4, 0.5) is 0 Å². The fourth-order valence-corrected chi connectivity index (χ4v) is 2.97. The number of hydrogen-bond acceptors (Lipinski definition) is 6. The van der Waals surface area contributed by atoms with Gasteiger partial charge in [0.15, 0.2) is 11.5 Å². The number of methoxy groups -OCH3 is 4. The van der Waals surface area contributed by atoms with E-state index in [4.69, 9.17) is 18.9 Å². The number of nitrogens with zero attached hydrogens (tertiary/aromatic N) is 1. The zero-order chi connectivity index (χ0) is 20.7. The monoisotopic (exact) mass is 385 g/mol. The molecule has 2 rings (SSSR count). The predicted octanol–water partition coefficient (Wildman–Crippen LogP) is 4.00. The summed E-state index contributed by atoms with van der Waals surface area (Å²) in [6.45, 7) is 3.91. The number of benzene rings is 2. The van der Waals surface area contributed by atoms with Crippen LogP contribution >= 0.6 is 0 Å². The molecule has 6 heteroatoms. The molecule has 150 valence electrons. The summed E-state index contributed by atoms with van der Waals surface area (Å²) in [5, 5.41) is 0. The van der Waals surface area contributed by atoms with Crippen molar-refractivity contribution in [2.45, 2.75) is 25.8 Å². The molecule has 0 N–H and O–H groups in total. The molecule has 0 aliphatic carbocycles. The molecule has 0 atom stereocenters. The summed E-state index contributed by atoms with van der Waals surface area (Å²) in [5.41, 5.74) is 0.852. The van der Waals surface area contributed by atoms with E-state index in [0.29, 0.717) is 35.0 Å². The summed E-state index contributed by atoms with van der Waals surface area (Å²) in [4.78, 5) is 17.1. The van der Waals surface area contributed by atoms with Gasteiger partial charge in [0, 0.05) is 12.0 Å². The van der Waals surface area contributed by atoms with Gasteiger partial charge < -0.3 is 18.9 Å². The summed E-state index contributed by atoms with van der Waals surface area (Å²) in [6, 6.07) is 10.8. The summed E-state index contributed by atoms with van der Waals surface area (Å²) in [5.74, 6) is 2.05. The van der Waals surface area contributed by atoms with Crippen molar-refractivity contribution in [2.75, 3.05) is 28.4 Å². The number of Topliss-reactive ketones (excluding diaryl/α,β-unsaturated/α-hetero) is 1. The Hall–Kier alpha value is -3.02. The topological polar surface area (TPSA) is 66.4 Å². The first-order chi connectivity index (χ1) is 13.4. The van der Waals surface area contributed by atoms with E-state index in [1.165, 1.54) is 13.3 Å². The van der Waals surface area contributed by atoms with Gasteiger partial charge in [-0.2, -0.15) is 0 Å². The normalized spacial score (nSPS) is 11.4. The van der Waals surface area contributed by atoms with E-state index in [0.717, 1.165) is 5.56 Å². The van der Waals surface area contributed by atoms with Gasteiger partial charge in [0.05, 0.1) is 45.8 Å². The van der Waals surface area contributed by atoms with Crippen LogP contribution in [0.3, 0.4) is 0 Å². The summed E-state index contributed by atoms with van der Waals surface area (Å²) in [6.07, 6.45) is 1.90. The van der Waals surface area contributed by atoms with Crippen LogP contribution in [0.15, 0.2) is 41.4 Å². The standard InChI is InChI=1S/C22H27NO5/c1-22(2,23-14-17(24)16-9-7-8-10-18(16)25-3)13-15-11-12-19(26-4)21(28-6)20(15)27-5/h7-12,14H,13H2,1-6H3. The van der Waals surface area contributed by atoms with E-state index in [1.54, 1.807) is 39.5 Å².